The van der Waals surface area contributed by atoms with Gasteiger partial charge in [0.15, 0.2) is 0 Å². The molecule has 1 saturated heterocycles. The molecule has 24 heavy (non-hydrogen) atoms. The van der Waals surface area contributed by atoms with Crippen molar-refractivity contribution < 1.29 is 14.4 Å². The molecule has 2 heterocycles. The summed E-state index contributed by atoms with van der Waals surface area (Å²) in [4.78, 5) is 40.2. The van der Waals surface area contributed by atoms with Gasteiger partial charge in [0.05, 0.1) is 0 Å². The minimum atomic E-state index is -0.922. The molecule has 4 amide bonds. The van der Waals surface area contributed by atoms with Gasteiger partial charge in [-0.3, -0.25) is 14.5 Å². The molecule has 3 rings (SSSR count). The van der Waals surface area contributed by atoms with E-state index < -0.39 is 11.6 Å². The number of rotatable bonds is 4. The average molecular weight is 329 g/mol. The Morgan fingerprint density at radius 1 is 1.29 bits per heavy atom. The van der Waals surface area contributed by atoms with Crippen molar-refractivity contribution in [1.29, 1.82) is 0 Å². The van der Waals surface area contributed by atoms with Gasteiger partial charge < -0.3 is 10.2 Å². The zero-order valence-corrected chi connectivity index (χ0v) is 14.3. The van der Waals surface area contributed by atoms with Gasteiger partial charge in [0.2, 0.25) is 5.91 Å². The molecule has 1 atom stereocenters. The highest BCUT2D eigenvalue weighted by molar-refractivity contribution is 6.10. The Balaban J connectivity index is 1.74. The molecule has 0 saturated carbocycles. The van der Waals surface area contributed by atoms with Crippen LogP contribution in [0.15, 0.2) is 24.3 Å². The Labute approximate surface area is 141 Å². The van der Waals surface area contributed by atoms with Crippen LogP contribution >= 0.6 is 0 Å². The third-order valence-corrected chi connectivity index (χ3v) is 4.64. The number of imide groups is 1. The van der Waals surface area contributed by atoms with E-state index in [0.29, 0.717) is 13.0 Å². The first-order chi connectivity index (χ1) is 11.3. The van der Waals surface area contributed by atoms with Gasteiger partial charge in [-0.15, -0.1) is 0 Å². The Morgan fingerprint density at radius 3 is 2.71 bits per heavy atom. The van der Waals surface area contributed by atoms with E-state index in [1.54, 1.807) is 11.8 Å². The molecule has 0 radical (unpaired) electrons. The first-order valence-corrected chi connectivity index (χ1v) is 8.34. The first kappa shape index (κ1) is 16.5. The van der Waals surface area contributed by atoms with Gasteiger partial charge in [-0.05, 0) is 37.3 Å². The number of urea groups is 1. The molecule has 1 aromatic rings. The maximum absolute atomic E-state index is 12.6. The summed E-state index contributed by atoms with van der Waals surface area (Å²) in [6.45, 7) is 6.10. The molecular weight excluding hydrogens is 306 g/mol. The minimum Gasteiger partial charge on any atom is -0.323 e. The molecule has 1 N–H and O–H groups in total. The summed E-state index contributed by atoms with van der Waals surface area (Å²) < 4.78 is 0. The smallest absolute Gasteiger partial charge is 0.323 e. The van der Waals surface area contributed by atoms with E-state index in [-0.39, 0.29) is 24.3 Å². The molecule has 0 bridgehead atoms. The molecule has 2 aliphatic heterocycles. The lowest BCUT2D eigenvalue weighted by atomic mass is 9.91. The maximum atomic E-state index is 12.6. The van der Waals surface area contributed by atoms with Crippen molar-refractivity contribution in [2.24, 2.45) is 5.92 Å². The Kier molecular flexibility index (Phi) is 4.07. The van der Waals surface area contributed by atoms with Crippen LogP contribution in [0.3, 0.4) is 0 Å². The number of nitrogens with zero attached hydrogens (tertiary/aromatic N) is 2. The molecular formula is C18H23N3O3. The van der Waals surface area contributed by atoms with Crippen molar-refractivity contribution in [1.82, 2.24) is 10.2 Å². The Morgan fingerprint density at radius 2 is 2.00 bits per heavy atom. The fourth-order valence-electron chi connectivity index (χ4n) is 3.66. The summed E-state index contributed by atoms with van der Waals surface area (Å²) in [6, 6.07) is 7.24. The van der Waals surface area contributed by atoms with E-state index in [9.17, 15) is 14.4 Å². The molecule has 1 unspecified atom stereocenters. The fraction of sp³-hybridized carbons (Fsp3) is 0.500. The number of hydrogen-bond donors (Lipinski definition) is 1. The van der Waals surface area contributed by atoms with E-state index >= 15 is 0 Å². The molecule has 1 aromatic carbocycles. The number of para-hydroxylation sites is 1. The van der Waals surface area contributed by atoms with Gasteiger partial charge in [-0.1, -0.05) is 32.0 Å². The topological polar surface area (TPSA) is 69.7 Å². The third kappa shape index (κ3) is 2.77. The van der Waals surface area contributed by atoms with Crippen LogP contribution in [0.1, 0.15) is 32.8 Å². The highest BCUT2D eigenvalue weighted by Gasteiger charge is 2.48. The molecule has 0 aliphatic carbocycles. The zero-order valence-electron chi connectivity index (χ0n) is 14.3. The van der Waals surface area contributed by atoms with E-state index in [4.69, 9.17) is 0 Å². The van der Waals surface area contributed by atoms with Gasteiger partial charge in [0.1, 0.15) is 12.1 Å². The predicted molar refractivity (Wildman–Crippen MR) is 90.6 cm³/mol. The van der Waals surface area contributed by atoms with Crippen LogP contribution in [0.5, 0.6) is 0 Å². The number of nitrogens with one attached hydrogen (secondary N) is 1. The van der Waals surface area contributed by atoms with Gasteiger partial charge in [0, 0.05) is 12.2 Å². The zero-order chi connectivity index (χ0) is 17.5. The SMILES string of the molecule is CC(C)CC1(C)NC(=O)N(CC(=O)N2CCc3ccccc32)C1=O. The average Bonchev–Trinajstić information content (AvgIpc) is 3.02. The molecule has 0 aromatic heterocycles. The molecule has 1 fully saturated rings. The Hall–Kier alpha value is -2.37. The third-order valence-electron chi connectivity index (χ3n) is 4.64. The molecule has 128 valence electrons. The van der Waals surface area contributed by atoms with Crippen molar-refractivity contribution in [3.8, 4) is 0 Å². The van der Waals surface area contributed by atoms with Crippen LogP contribution in [0.2, 0.25) is 0 Å². The highest BCUT2D eigenvalue weighted by Crippen LogP contribution is 2.29. The van der Waals surface area contributed by atoms with Crippen molar-refractivity contribution in [3.63, 3.8) is 0 Å². The van der Waals surface area contributed by atoms with Gasteiger partial charge in [-0.25, -0.2) is 4.79 Å². The second-order valence-corrected chi connectivity index (χ2v) is 7.18. The maximum Gasteiger partial charge on any atom is 0.325 e. The number of anilines is 1. The summed E-state index contributed by atoms with van der Waals surface area (Å²) >= 11 is 0. The lowest BCUT2D eigenvalue weighted by Crippen LogP contribution is -2.46. The standard InChI is InChI=1S/C18H23N3O3/c1-12(2)10-18(3)16(23)21(17(24)19-18)11-15(22)20-9-8-13-6-4-5-7-14(13)20/h4-7,12H,8-11H2,1-3H3,(H,19,24). The summed E-state index contributed by atoms with van der Waals surface area (Å²) in [5.41, 5.74) is 1.07. The van der Waals surface area contributed by atoms with Crippen molar-refractivity contribution in [2.45, 2.75) is 39.2 Å². The lowest BCUT2D eigenvalue weighted by molar-refractivity contribution is -0.134. The second kappa shape index (κ2) is 5.92. The van der Waals surface area contributed by atoms with Gasteiger partial charge in [0.25, 0.3) is 5.91 Å². The predicted octanol–water partition coefficient (Wildman–Crippen LogP) is 1.93. The van der Waals surface area contributed by atoms with E-state index in [1.165, 1.54) is 0 Å². The van der Waals surface area contributed by atoms with Crippen LogP contribution in [0, 0.1) is 5.92 Å². The van der Waals surface area contributed by atoms with Crippen LogP contribution in [0.25, 0.3) is 0 Å². The number of fused-ring (bicyclic) bond motifs is 1. The Bertz CT molecular complexity index is 701. The van der Waals surface area contributed by atoms with Crippen molar-refractivity contribution in [2.75, 3.05) is 18.0 Å². The summed E-state index contributed by atoms with van der Waals surface area (Å²) in [5, 5.41) is 2.74. The first-order valence-electron chi connectivity index (χ1n) is 8.34. The lowest BCUT2D eigenvalue weighted by Gasteiger charge is -2.24. The summed E-state index contributed by atoms with van der Waals surface area (Å²) in [6.07, 6.45) is 1.35. The largest absolute Gasteiger partial charge is 0.325 e. The number of carbonyl (C=O) groups is 3. The minimum absolute atomic E-state index is 0.216. The monoisotopic (exact) mass is 329 g/mol. The van der Waals surface area contributed by atoms with Crippen LogP contribution in [-0.2, 0) is 16.0 Å². The van der Waals surface area contributed by atoms with Gasteiger partial charge >= 0.3 is 6.03 Å². The second-order valence-electron chi connectivity index (χ2n) is 7.18. The van der Waals surface area contributed by atoms with Crippen LogP contribution in [-0.4, -0.2) is 41.4 Å². The number of benzene rings is 1. The molecule has 2 aliphatic rings. The number of amides is 4. The fourth-order valence-corrected chi connectivity index (χ4v) is 3.66. The molecule has 0 spiro atoms. The molecule has 6 nitrogen and oxygen atoms in total. The quantitative estimate of drug-likeness (QED) is 0.858. The normalized spacial score (nSPS) is 23.0. The van der Waals surface area contributed by atoms with Crippen molar-refractivity contribution >= 4 is 23.5 Å². The highest BCUT2D eigenvalue weighted by atomic mass is 16.2. The van der Waals surface area contributed by atoms with Crippen molar-refractivity contribution in [3.05, 3.63) is 29.8 Å². The van der Waals surface area contributed by atoms with Gasteiger partial charge in [-0.2, -0.15) is 0 Å². The van der Waals surface area contributed by atoms with E-state index in [0.717, 1.165) is 22.6 Å². The summed E-state index contributed by atoms with van der Waals surface area (Å²) in [7, 11) is 0. The van der Waals surface area contributed by atoms with Crippen LogP contribution in [0.4, 0.5) is 10.5 Å². The van der Waals surface area contributed by atoms with Crippen LogP contribution < -0.4 is 10.2 Å². The number of carbonyl (C=O) groups excluding carboxylic acids is 3. The molecule has 6 heteroatoms. The van der Waals surface area contributed by atoms with E-state index in [1.807, 2.05) is 38.1 Å². The number of hydrogen-bond acceptors (Lipinski definition) is 3. The summed E-state index contributed by atoms with van der Waals surface area (Å²) in [5.74, 6) is -0.278. The van der Waals surface area contributed by atoms with E-state index in [2.05, 4.69) is 5.32 Å².